The van der Waals surface area contributed by atoms with Gasteiger partial charge in [0.25, 0.3) is 0 Å². The topological polar surface area (TPSA) is 48.4 Å². The van der Waals surface area contributed by atoms with Gasteiger partial charge < -0.3 is 9.47 Å². The van der Waals surface area contributed by atoms with Crippen LogP contribution in [0.15, 0.2) is 36.4 Å². The molecule has 2 aromatic rings. The summed E-state index contributed by atoms with van der Waals surface area (Å²) in [5.41, 5.74) is 2.38. The molecule has 0 fully saturated rings. The number of Topliss-reactive ketones (excluding diaryl/α,β-unsaturated/α-hetero) is 1. The predicted molar refractivity (Wildman–Crippen MR) is 76.3 cm³/mol. The zero-order valence-corrected chi connectivity index (χ0v) is 11.8. The Morgan fingerprint density at radius 1 is 1.25 bits per heavy atom. The van der Waals surface area contributed by atoms with Gasteiger partial charge in [-0.2, -0.15) is 0 Å². The van der Waals surface area contributed by atoms with E-state index in [-0.39, 0.29) is 5.78 Å². The van der Waals surface area contributed by atoms with Crippen LogP contribution in [0.3, 0.4) is 0 Å². The molecule has 0 N–H and O–H groups in total. The molecule has 0 unspecified atom stereocenters. The summed E-state index contributed by atoms with van der Waals surface area (Å²) in [6.45, 7) is 3.78. The van der Waals surface area contributed by atoms with E-state index in [1.165, 1.54) is 6.92 Å². The van der Waals surface area contributed by atoms with Crippen molar-refractivity contribution in [3.8, 4) is 11.6 Å². The highest BCUT2D eigenvalue weighted by Gasteiger charge is 2.09. The van der Waals surface area contributed by atoms with Gasteiger partial charge in [-0.3, -0.25) is 4.79 Å². The fourth-order valence-corrected chi connectivity index (χ4v) is 1.84. The molecule has 0 aliphatic heterocycles. The first-order valence-corrected chi connectivity index (χ1v) is 6.34. The number of nitrogens with zero attached hydrogens (tertiary/aromatic N) is 1. The molecule has 0 aliphatic carbocycles. The Morgan fingerprint density at radius 2 is 2.05 bits per heavy atom. The molecule has 0 saturated heterocycles. The Labute approximate surface area is 118 Å². The van der Waals surface area contributed by atoms with E-state index in [0.717, 1.165) is 11.3 Å². The van der Waals surface area contributed by atoms with Crippen molar-refractivity contribution in [2.75, 3.05) is 7.11 Å². The van der Waals surface area contributed by atoms with Crippen molar-refractivity contribution >= 4 is 5.78 Å². The van der Waals surface area contributed by atoms with Crippen LogP contribution in [0.5, 0.6) is 11.6 Å². The normalized spacial score (nSPS) is 10.2. The maximum Gasteiger partial charge on any atom is 0.213 e. The van der Waals surface area contributed by atoms with Crippen molar-refractivity contribution < 1.29 is 14.3 Å². The van der Waals surface area contributed by atoms with Crippen molar-refractivity contribution in [1.29, 1.82) is 0 Å². The maximum absolute atomic E-state index is 11.6. The molecule has 104 valence electrons. The first kappa shape index (κ1) is 14.1. The molecular weight excluding hydrogens is 254 g/mol. The molecule has 2 rings (SSSR count). The fraction of sp³-hybridized carbons (Fsp3) is 0.250. The molecule has 0 aliphatic rings. The zero-order valence-electron chi connectivity index (χ0n) is 11.8. The molecular formula is C16H17NO3. The van der Waals surface area contributed by atoms with E-state index < -0.39 is 0 Å². The summed E-state index contributed by atoms with van der Waals surface area (Å²) in [5.74, 6) is 1.11. The van der Waals surface area contributed by atoms with Gasteiger partial charge in [0, 0.05) is 6.07 Å². The van der Waals surface area contributed by atoms with Crippen molar-refractivity contribution in [2.45, 2.75) is 20.5 Å². The van der Waals surface area contributed by atoms with Crippen LogP contribution in [0.4, 0.5) is 0 Å². The van der Waals surface area contributed by atoms with Crippen LogP contribution < -0.4 is 9.47 Å². The third-order valence-electron chi connectivity index (χ3n) is 2.88. The molecule has 0 amide bonds. The number of hydrogen-bond acceptors (Lipinski definition) is 4. The number of carbonyl (C=O) groups is 1. The van der Waals surface area contributed by atoms with Crippen LogP contribution in [-0.2, 0) is 6.61 Å². The predicted octanol–water partition coefficient (Wildman–Crippen LogP) is 3.18. The summed E-state index contributed by atoms with van der Waals surface area (Å²) in [6.07, 6.45) is 0. The van der Waals surface area contributed by atoms with E-state index in [9.17, 15) is 4.79 Å². The van der Waals surface area contributed by atoms with Crippen molar-refractivity contribution in [3.05, 3.63) is 53.2 Å². The van der Waals surface area contributed by atoms with Crippen molar-refractivity contribution in [1.82, 2.24) is 4.98 Å². The van der Waals surface area contributed by atoms with Crippen LogP contribution >= 0.6 is 0 Å². The molecule has 1 aromatic heterocycles. The van der Waals surface area contributed by atoms with Crippen LogP contribution in [0.1, 0.15) is 28.5 Å². The number of ether oxygens (including phenoxy) is 2. The number of rotatable bonds is 5. The first-order chi connectivity index (χ1) is 9.60. The van der Waals surface area contributed by atoms with Gasteiger partial charge in [-0.05, 0) is 37.6 Å². The lowest BCUT2D eigenvalue weighted by Gasteiger charge is -2.11. The lowest BCUT2D eigenvalue weighted by atomic mass is 10.1. The number of pyridine rings is 1. The van der Waals surface area contributed by atoms with E-state index in [1.54, 1.807) is 19.2 Å². The Bertz CT molecular complexity index is 623. The second-order valence-electron chi connectivity index (χ2n) is 4.52. The van der Waals surface area contributed by atoms with Gasteiger partial charge in [-0.1, -0.05) is 12.1 Å². The quantitative estimate of drug-likeness (QED) is 0.784. The minimum Gasteiger partial charge on any atom is -0.487 e. The van der Waals surface area contributed by atoms with Crippen LogP contribution in [0.25, 0.3) is 0 Å². The molecule has 20 heavy (non-hydrogen) atoms. The van der Waals surface area contributed by atoms with E-state index in [1.807, 2.05) is 31.2 Å². The van der Waals surface area contributed by atoms with Gasteiger partial charge in [-0.25, -0.2) is 4.98 Å². The highest BCUT2D eigenvalue weighted by molar-refractivity contribution is 5.96. The smallest absolute Gasteiger partial charge is 0.213 e. The van der Waals surface area contributed by atoms with Crippen LogP contribution in [0, 0.1) is 6.92 Å². The Balaban J connectivity index is 2.17. The SMILES string of the molecule is COc1cccc(COc2cc(C)ccc2C(C)=O)n1. The number of ketones is 1. The highest BCUT2D eigenvalue weighted by Crippen LogP contribution is 2.22. The molecule has 0 radical (unpaired) electrons. The third-order valence-corrected chi connectivity index (χ3v) is 2.88. The molecule has 0 bridgehead atoms. The summed E-state index contributed by atoms with van der Waals surface area (Å²) < 4.78 is 10.8. The zero-order chi connectivity index (χ0) is 14.5. The lowest BCUT2D eigenvalue weighted by Crippen LogP contribution is -2.03. The maximum atomic E-state index is 11.6. The summed E-state index contributed by atoms with van der Waals surface area (Å²) >= 11 is 0. The summed E-state index contributed by atoms with van der Waals surface area (Å²) in [5, 5.41) is 0. The standard InChI is InChI=1S/C16H17NO3/c1-11-7-8-14(12(2)18)15(9-11)20-10-13-5-4-6-16(17-13)19-3/h4-9H,10H2,1-3H3. The minimum absolute atomic E-state index is 0.0152. The molecule has 4 nitrogen and oxygen atoms in total. The average Bonchev–Trinajstić information content (AvgIpc) is 2.45. The molecule has 1 aromatic carbocycles. The fourth-order valence-electron chi connectivity index (χ4n) is 1.84. The summed E-state index contributed by atoms with van der Waals surface area (Å²) in [6, 6.07) is 11.0. The number of methoxy groups -OCH3 is 1. The Hall–Kier alpha value is -2.36. The number of carbonyl (C=O) groups excluding carboxylic acids is 1. The van der Waals surface area contributed by atoms with Crippen molar-refractivity contribution in [2.24, 2.45) is 0 Å². The van der Waals surface area contributed by atoms with Gasteiger partial charge >= 0.3 is 0 Å². The largest absolute Gasteiger partial charge is 0.487 e. The summed E-state index contributed by atoms with van der Waals surface area (Å²) in [7, 11) is 1.57. The Morgan fingerprint density at radius 3 is 2.75 bits per heavy atom. The number of benzene rings is 1. The first-order valence-electron chi connectivity index (χ1n) is 6.34. The highest BCUT2D eigenvalue weighted by atomic mass is 16.5. The third kappa shape index (κ3) is 3.35. The molecule has 1 heterocycles. The van der Waals surface area contributed by atoms with Gasteiger partial charge in [0.05, 0.1) is 18.4 Å². The van der Waals surface area contributed by atoms with Crippen molar-refractivity contribution in [3.63, 3.8) is 0 Å². The average molecular weight is 271 g/mol. The van der Waals surface area contributed by atoms with Gasteiger partial charge in [-0.15, -0.1) is 0 Å². The summed E-state index contributed by atoms with van der Waals surface area (Å²) in [4.78, 5) is 15.8. The van der Waals surface area contributed by atoms with Crippen LogP contribution in [-0.4, -0.2) is 17.9 Å². The number of aromatic nitrogens is 1. The lowest BCUT2D eigenvalue weighted by molar-refractivity contribution is 0.101. The monoisotopic (exact) mass is 271 g/mol. The molecule has 0 spiro atoms. The van der Waals surface area contributed by atoms with E-state index in [2.05, 4.69) is 4.98 Å². The van der Waals surface area contributed by atoms with Gasteiger partial charge in [0.15, 0.2) is 5.78 Å². The van der Waals surface area contributed by atoms with Crippen LogP contribution in [0.2, 0.25) is 0 Å². The van der Waals surface area contributed by atoms with Gasteiger partial charge in [0.1, 0.15) is 12.4 Å². The molecule has 0 saturated carbocycles. The minimum atomic E-state index is -0.0152. The second-order valence-corrected chi connectivity index (χ2v) is 4.52. The Kier molecular flexibility index (Phi) is 4.35. The van der Waals surface area contributed by atoms with E-state index in [0.29, 0.717) is 23.8 Å². The molecule has 0 atom stereocenters. The molecule has 4 heteroatoms. The second kappa shape index (κ2) is 6.19. The van der Waals surface area contributed by atoms with E-state index >= 15 is 0 Å². The van der Waals surface area contributed by atoms with E-state index in [4.69, 9.17) is 9.47 Å². The number of hydrogen-bond donors (Lipinski definition) is 0. The number of aryl methyl sites for hydroxylation is 1. The van der Waals surface area contributed by atoms with Gasteiger partial charge in [0.2, 0.25) is 5.88 Å².